The number of halogens is 2. The van der Waals surface area contributed by atoms with Gasteiger partial charge in [0, 0.05) is 19.7 Å². The lowest BCUT2D eigenvalue weighted by molar-refractivity contribution is -0.0592. The van der Waals surface area contributed by atoms with E-state index in [0.29, 0.717) is 17.2 Å². The number of nitrogens with two attached hydrogens (primary N) is 1. The van der Waals surface area contributed by atoms with Crippen molar-refractivity contribution in [2.75, 3.05) is 14.1 Å². The zero-order valence-corrected chi connectivity index (χ0v) is 17.0. The lowest BCUT2D eigenvalue weighted by Gasteiger charge is -2.35. The molecule has 0 saturated carbocycles. The number of rotatable bonds is 3. The highest BCUT2D eigenvalue weighted by Gasteiger charge is 2.50. The van der Waals surface area contributed by atoms with Crippen LogP contribution in [-0.2, 0) is 15.7 Å². The minimum absolute atomic E-state index is 0. The third kappa shape index (κ3) is 3.54. The maximum absolute atomic E-state index is 11.6. The summed E-state index contributed by atoms with van der Waals surface area (Å²) in [7, 11) is -0.605. The number of aliphatic imine (C=N–C) groups is 1. The van der Waals surface area contributed by atoms with Crippen LogP contribution in [0.4, 0.5) is 0 Å². The Morgan fingerprint density at radius 1 is 1.52 bits per heavy atom. The Morgan fingerprint density at radius 2 is 2.13 bits per heavy atom. The van der Waals surface area contributed by atoms with Crippen LogP contribution in [0.2, 0.25) is 5.02 Å². The minimum atomic E-state index is -3.97. The highest BCUT2D eigenvalue weighted by atomic mass is 79.9. The van der Waals surface area contributed by atoms with Crippen LogP contribution in [0.25, 0.3) is 0 Å². The van der Waals surface area contributed by atoms with E-state index in [1.807, 2.05) is 6.92 Å². The molecule has 1 aromatic carbocycles. The van der Waals surface area contributed by atoms with Gasteiger partial charge in [-0.15, -0.1) is 17.0 Å². The molecule has 0 bridgehead atoms. The average Bonchev–Trinajstić information content (AvgIpc) is 2.71. The Kier molecular flexibility index (Phi) is 6.56. The molecule has 3 N–H and O–H groups in total. The first-order valence-electron chi connectivity index (χ1n) is 6.58. The fourth-order valence-corrected chi connectivity index (χ4v) is 4.90. The summed E-state index contributed by atoms with van der Waals surface area (Å²) in [6, 6.07) is 4.37. The van der Waals surface area contributed by atoms with E-state index in [1.165, 1.54) is 23.9 Å². The molecule has 10 heteroatoms. The minimum Gasteiger partial charge on any atom is -0.366 e. The van der Waals surface area contributed by atoms with Crippen LogP contribution >= 0.6 is 40.3 Å². The van der Waals surface area contributed by atoms with Gasteiger partial charge < -0.3 is 10.0 Å². The summed E-state index contributed by atoms with van der Waals surface area (Å²) in [4.78, 5) is 5.59. The van der Waals surface area contributed by atoms with Crippen LogP contribution in [-0.4, -0.2) is 42.9 Å². The van der Waals surface area contributed by atoms with Crippen molar-refractivity contribution >= 4 is 55.5 Å². The molecular formula is C13H19BrClN3O3S2. The maximum Gasteiger partial charge on any atom is 0.239 e. The molecule has 0 radical (unpaired) electrons. The van der Waals surface area contributed by atoms with Gasteiger partial charge in [-0.25, -0.2) is 13.6 Å². The molecule has 23 heavy (non-hydrogen) atoms. The van der Waals surface area contributed by atoms with E-state index in [9.17, 15) is 13.5 Å². The number of benzene rings is 1. The summed E-state index contributed by atoms with van der Waals surface area (Å²) < 4.78 is 23.3. The molecule has 2 rings (SSSR count). The molecule has 0 aliphatic carbocycles. The molecule has 0 amide bonds. The summed E-state index contributed by atoms with van der Waals surface area (Å²) in [5, 5.41) is 16.9. The van der Waals surface area contributed by atoms with Crippen LogP contribution < -0.4 is 5.14 Å². The van der Waals surface area contributed by atoms with Crippen molar-refractivity contribution in [3.05, 3.63) is 28.8 Å². The Balaban J connectivity index is 0.00000264. The zero-order chi connectivity index (χ0) is 16.7. The predicted octanol–water partition coefficient (Wildman–Crippen LogP) is 2.15. The Labute approximate surface area is 155 Å². The molecule has 1 fully saturated rings. The predicted molar refractivity (Wildman–Crippen MR) is 99.8 cm³/mol. The highest BCUT2D eigenvalue weighted by Crippen LogP contribution is 2.46. The smallest absolute Gasteiger partial charge is 0.239 e. The van der Waals surface area contributed by atoms with Crippen molar-refractivity contribution in [3.63, 3.8) is 0 Å². The molecule has 1 heterocycles. The number of hydrogen-bond donors (Lipinski definition) is 2. The van der Waals surface area contributed by atoms with Crippen molar-refractivity contribution < 1.29 is 13.5 Å². The van der Waals surface area contributed by atoms with Gasteiger partial charge in [-0.1, -0.05) is 36.4 Å². The van der Waals surface area contributed by atoms with Gasteiger partial charge in [0.05, 0.1) is 10.3 Å². The summed E-state index contributed by atoms with van der Waals surface area (Å²) in [6.07, 6.45) is 0.678. The van der Waals surface area contributed by atoms with Crippen LogP contribution in [0.3, 0.4) is 0 Å². The molecule has 6 nitrogen and oxygen atoms in total. The number of primary sulfonamides is 1. The van der Waals surface area contributed by atoms with E-state index >= 15 is 0 Å². The number of sulfonamides is 1. The van der Waals surface area contributed by atoms with Crippen molar-refractivity contribution in [1.29, 1.82) is 0 Å². The van der Waals surface area contributed by atoms with Crippen molar-refractivity contribution in [2.24, 2.45) is 10.1 Å². The van der Waals surface area contributed by atoms with Crippen LogP contribution in [0.5, 0.6) is 0 Å². The molecule has 1 saturated heterocycles. The summed E-state index contributed by atoms with van der Waals surface area (Å²) in [5.41, 5.74) is -0.959. The van der Waals surface area contributed by atoms with Gasteiger partial charge in [0.1, 0.15) is 4.90 Å². The number of aliphatic hydroxyl groups is 1. The fraction of sp³-hybridized carbons (Fsp3) is 0.462. The van der Waals surface area contributed by atoms with Gasteiger partial charge in [-0.2, -0.15) is 0 Å². The SMILES string of the molecule is Br.CCC1SC(=NC)N(C)C1(O)c1ccc(Cl)c(S(N)(=O)=O)c1. The molecule has 2 atom stereocenters. The van der Waals surface area contributed by atoms with E-state index in [-0.39, 0.29) is 32.1 Å². The van der Waals surface area contributed by atoms with E-state index < -0.39 is 15.7 Å². The lowest BCUT2D eigenvalue weighted by Crippen LogP contribution is -2.46. The van der Waals surface area contributed by atoms with Crippen molar-refractivity contribution in [1.82, 2.24) is 4.90 Å². The Morgan fingerprint density at radius 3 is 2.61 bits per heavy atom. The topological polar surface area (TPSA) is 96.0 Å². The first kappa shape index (κ1) is 20.7. The zero-order valence-electron chi connectivity index (χ0n) is 12.9. The number of amidine groups is 1. The van der Waals surface area contributed by atoms with Gasteiger partial charge in [-0.05, 0) is 18.6 Å². The maximum atomic E-state index is 11.6. The van der Waals surface area contributed by atoms with Gasteiger partial charge in [0.2, 0.25) is 10.0 Å². The second-order valence-electron chi connectivity index (χ2n) is 5.00. The molecule has 1 aromatic rings. The van der Waals surface area contributed by atoms with Gasteiger partial charge in [0.15, 0.2) is 10.9 Å². The summed E-state index contributed by atoms with van der Waals surface area (Å²) in [5.74, 6) is 0. The van der Waals surface area contributed by atoms with Crippen LogP contribution in [0, 0.1) is 0 Å². The second-order valence-corrected chi connectivity index (χ2v) is 8.10. The normalized spacial score (nSPS) is 26.4. The van der Waals surface area contributed by atoms with E-state index in [0.717, 1.165) is 0 Å². The lowest BCUT2D eigenvalue weighted by atomic mass is 9.96. The molecule has 1 aliphatic heterocycles. The third-order valence-electron chi connectivity index (χ3n) is 3.72. The summed E-state index contributed by atoms with van der Waals surface area (Å²) >= 11 is 7.36. The largest absolute Gasteiger partial charge is 0.366 e. The molecule has 2 unspecified atom stereocenters. The third-order valence-corrected chi connectivity index (χ3v) is 6.73. The number of hydrogen-bond acceptors (Lipinski definition) is 5. The standard InChI is InChI=1S/C13H18ClN3O3S2.BrH/c1-4-11-13(18,17(3)12(16-2)21-11)8-5-6-9(14)10(7-8)22(15,19)20;/h5-7,11,18H,4H2,1-3H3,(H2,15,19,20);1H. The van der Waals surface area contributed by atoms with Crippen molar-refractivity contribution in [2.45, 2.75) is 29.2 Å². The number of thioether (sulfide) groups is 1. The van der Waals surface area contributed by atoms with Gasteiger partial charge in [-0.3, -0.25) is 4.99 Å². The molecule has 130 valence electrons. The fourth-order valence-electron chi connectivity index (χ4n) is 2.55. The second kappa shape index (κ2) is 7.28. The van der Waals surface area contributed by atoms with E-state index in [4.69, 9.17) is 16.7 Å². The van der Waals surface area contributed by atoms with E-state index in [1.54, 1.807) is 25.1 Å². The Bertz CT molecular complexity index is 729. The molecule has 0 aromatic heterocycles. The quantitative estimate of drug-likeness (QED) is 0.745. The number of nitrogens with zero attached hydrogens (tertiary/aromatic N) is 2. The molecule has 0 spiro atoms. The highest BCUT2D eigenvalue weighted by molar-refractivity contribution is 8.93. The molecule has 1 aliphatic rings. The van der Waals surface area contributed by atoms with E-state index in [2.05, 4.69) is 4.99 Å². The average molecular weight is 445 g/mol. The Hall–Kier alpha value is -0.320. The van der Waals surface area contributed by atoms with Crippen LogP contribution in [0.15, 0.2) is 28.1 Å². The first-order valence-corrected chi connectivity index (χ1v) is 9.39. The van der Waals surface area contributed by atoms with Gasteiger partial charge in [0.25, 0.3) is 0 Å². The van der Waals surface area contributed by atoms with Crippen molar-refractivity contribution in [3.8, 4) is 0 Å². The first-order chi connectivity index (χ1) is 10.2. The van der Waals surface area contributed by atoms with Crippen LogP contribution in [0.1, 0.15) is 18.9 Å². The summed E-state index contributed by atoms with van der Waals surface area (Å²) in [6.45, 7) is 1.95. The van der Waals surface area contributed by atoms with Gasteiger partial charge >= 0.3 is 0 Å². The monoisotopic (exact) mass is 443 g/mol. The molecular weight excluding hydrogens is 426 g/mol.